The Morgan fingerprint density at radius 1 is 1.12 bits per heavy atom. The van der Waals surface area contributed by atoms with Crippen molar-refractivity contribution < 1.29 is 0 Å². The first kappa shape index (κ1) is 12.2. The molecule has 0 aliphatic heterocycles. The molecule has 1 aliphatic rings. The Morgan fingerprint density at radius 2 is 1.94 bits per heavy atom. The highest BCUT2D eigenvalue weighted by Gasteiger charge is 2.19. The summed E-state index contributed by atoms with van der Waals surface area (Å²) in [4.78, 5) is 0.794. The van der Waals surface area contributed by atoms with Gasteiger partial charge in [0.15, 0.2) is 0 Å². The molecule has 0 saturated heterocycles. The first-order chi connectivity index (χ1) is 7.84. The highest BCUT2D eigenvalue weighted by Crippen LogP contribution is 2.31. The van der Waals surface area contributed by atoms with E-state index in [1.165, 1.54) is 50.5 Å². The topological polar surface area (TPSA) is 0 Å². The van der Waals surface area contributed by atoms with Gasteiger partial charge in [-0.25, -0.2) is 0 Å². The van der Waals surface area contributed by atoms with Gasteiger partial charge in [-0.2, -0.15) is 0 Å². The second-order valence-electron chi connectivity index (χ2n) is 5.01. The van der Waals surface area contributed by atoms with Crippen molar-refractivity contribution in [2.45, 2.75) is 49.8 Å². The summed E-state index contributed by atoms with van der Waals surface area (Å²) in [6, 6.07) is 10.9. The van der Waals surface area contributed by atoms with Gasteiger partial charge in [0.25, 0.3) is 0 Å². The second-order valence-corrected chi connectivity index (χ2v) is 6.30. The molecule has 1 fully saturated rings. The lowest BCUT2D eigenvalue weighted by atomic mass is 9.85. The van der Waals surface area contributed by atoms with Crippen molar-refractivity contribution in [3.63, 3.8) is 0 Å². The molecule has 0 N–H and O–H groups in total. The summed E-state index contributed by atoms with van der Waals surface area (Å²) in [5, 5.41) is 0. The molecule has 1 aliphatic carbocycles. The predicted molar refractivity (Wildman–Crippen MR) is 74.1 cm³/mol. The average molecular weight is 281 g/mol. The van der Waals surface area contributed by atoms with Gasteiger partial charge in [-0.05, 0) is 37.2 Å². The molecule has 0 aromatic heterocycles. The highest BCUT2D eigenvalue weighted by atomic mass is 79.9. The van der Waals surface area contributed by atoms with Crippen molar-refractivity contribution >= 4 is 15.9 Å². The SMILES string of the molecule is BrC1CCCC(CCCc2ccccc2)C1. The van der Waals surface area contributed by atoms with E-state index in [1.807, 2.05) is 0 Å². The Labute approximate surface area is 108 Å². The summed E-state index contributed by atoms with van der Waals surface area (Å²) in [5.74, 6) is 0.974. The Hall–Kier alpha value is -0.300. The molecule has 0 amide bonds. The van der Waals surface area contributed by atoms with Crippen LogP contribution in [0.2, 0.25) is 0 Å². The number of hydrogen-bond donors (Lipinski definition) is 0. The van der Waals surface area contributed by atoms with E-state index in [2.05, 4.69) is 46.3 Å². The number of hydrogen-bond acceptors (Lipinski definition) is 0. The maximum Gasteiger partial charge on any atom is 0.0148 e. The fraction of sp³-hybridized carbons (Fsp3) is 0.600. The van der Waals surface area contributed by atoms with Gasteiger partial charge in [-0.3, -0.25) is 0 Å². The minimum absolute atomic E-state index is 0.794. The zero-order valence-corrected chi connectivity index (χ0v) is 11.5. The van der Waals surface area contributed by atoms with E-state index in [0.29, 0.717) is 0 Å². The fourth-order valence-electron chi connectivity index (χ4n) is 2.73. The molecule has 2 unspecified atom stereocenters. The van der Waals surface area contributed by atoms with Crippen LogP contribution >= 0.6 is 15.9 Å². The smallest absolute Gasteiger partial charge is 0.0148 e. The first-order valence-electron chi connectivity index (χ1n) is 6.52. The minimum Gasteiger partial charge on any atom is -0.0891 e. The maximum atomic E-state index is 3.77. The van der Waals surface area contributed by atoms with Crippen LogP contribution in [0.15, 0.2) is 30.3 Å². The molecule has 0 spiro atoms. The van der Waals surface area contributed by atoms with Gasteiger partial charge >= 0.3 is 0 Å². The van der Waals surface area contributed by atoms with Crippen LogP contribution < -0.4 is 0 Å². The molecule has 2 atom stereocenters. The molecular weight excluding hydrogens is 260 g/mol. The summed E-state index contributed by atoms with van der Waals surface area (Å²) in [6.07, 6.45) is 9.68. The zero-order valence-electron chi connectivity index (χ0n) is 9.87. The van der Waals surface area contributed by atoms with Crippen molar-refractivity contribution in [3.05, 3.63) is 35.9 Å². The quantitative estimate of drug-likeness (QED) is 0.684. The summed E-state index contributed by atoms with van der Waals surface area (Å²) in [6.45, 7) is 0. The Kier molecular flexibility index (Phi) is 4.90. The van der Waals surface area contributed by atoms with Crippen LogP contribution in [0.4, 0.5) is 0 Å². The second kappa shape index (κ2) is 6.44. The standard InChI is InChI=1S/C15H21Br/c16-15-11-5-10-14(12-15)9-4-8-13-6-2-1-3-7-13/h1-3,6-7,14-15H,4-5,8-12H2. The molecule has 1 heteroatoms. The lowest BCUT2D eigenvalue weighted by Gasteiger charge is -2.25. The van der Waals surface area contributed by atoms with E-state index in [9.17, 15) is 0 Å². The molecule has 1 aromatic carbocycles. The molecular formula is C15H21Br. The van der Waals surface area contributed by atoms with Crippen LogP contribution in [-0.2, 0) is 6.42 Å². The van der Waals surface area contributed by atoms with Crippen LogP contribution in [0.3, 0.4) is 0 Å². The number of halogens is 1. The normalized spacial score (nSPS) is 25.6. The van der Waals surface area contributed by atoms with E-state index >= 15 is 0 Å². The molecule has 0 heterocycles. The minimum atomic E-state index is 0.794. The number of aryl methyl sites for hydroxylation is 1. The largest absolute Gasteiger partial charge is 0.0891 e. The number of alkyl halides is 1. The van der Waals surface area contributed by atoms with E-state index < -0.39 is 0 Å². The summed E-state index contributed by atoms with van der Waals surface area (Å²) < 4.78 is 0. The van der Waals surface area contributed by atoms with Gasteiger partial charge in [0, 0.05) is 4.83 Å². The Balaban J connectivity index is 1.68. The predicted octanol–water partition coefficient (Wildman–Crippen LogP) is 4.96. The molecule has 2 rings (SSSR count). The Morgan fingerprint density at radius 3 is 2.69 bits per heavy atom. The zero-order chi connectivity index (χ0) is 11.2. The van der Waals surface area contributed by atoms with E-state index in [4.69, 9.17) is 0 Å². The van der Waals surface area contributed by atoms with Crippen molar-refractivity contribution in [1.82, 2.24) is 0 Å². The molecule has 0 bridgehead atoms. The summed E-state index contributed by atoms with van der Waals surface area (Å²) in [7, 11) is 0. The van der Waals surface area contributed by atoms with E-state index in [0.717, 1.165) is 10.7 Å². The maximum absolute atomic E-state index is 3.77. The summed E-state index contributed by atoms with van der Waals surface area (Å²) >= 11 is 3.77. The van der Waals surface area contributed by atoms with Crippen molar-refractivity contribution in [1.29, 1.82) is 0 Å². The van der Waals surface area contributed by atoms with Crippen molar-refractivity contribution in [2.75, 3.05) is 0 Å². The van der Waals surface area contributed by atoms with Gasteiger partial charge < -0.3 is 0 Å². The van der Waals surface area contributed by atoms with Gasteiger partial charge in [-0.15, -0.1) is 0 Å². The van der Waals surface area contributed by atoms with Gasteiger partial charge in [0.05, 0.1) is 0 Å². The highest BCUT2D eigenvalue weighted by molar-refractivity contribution is 9.09. The molecule has 0 radical (unpaired) electrons. The monoisotopic (exact) mass is 280 g/mol. The molecule has 88 valence electrons. The number of rotatable bonds is 4. The molecule has 16 heavy (non-hydrogen) atoms. The number of benzene rings is 1. The van der Waals surface area contributed by atoms with Gasteiger partial charge in [0.2, 0.25) is 0 Å². The van der Waals surface area contributed by atoms with E-state index in [1.54, 1.807) is 0 Å². The fourth-order valence-corrected chi connectivity index (χ4v) is 3.58. The molecule has 1 aromatic rings. The van der Waals surface area contributed by atoms with Crippen LogP contribution in [0.5, 0.6) is 0 Å². The lowest BCUT2D eigenvalue weighted by molar-refractivity contribution is 0.342. The molecule has 1 saturated carbocycles. The molecule has 0 nitrogen and oxygen atoms in total. The van der Waals surface area contributed by atoms with Crippen LogP contribution in [0, 0.1) is 5.92 Å². The third-order valence-corrected chi connectivity index (χ3v) is 4.47. The third-order valence-electron chi connectivity index (χ3n) is 3.64. The van der Waals surface area contributed by atoms with Crippen LogP contribution in [-0.4, -0.2) is 4.83 Å². The van der Waals surface area contributed by atoms with Gasteiger partial charge in [0.1, 0.15) is 0 Å². The summed E-state index contributed by atoms with van der Waals surface area (Å²) in [5.41, 5.74) is 1.49. The average Bonchev–Trinajstić information content (AvgIpc) is 2.30. The third kappa shape index (κ3) is 3.93. The van der Waals surface area contributed by atoms with Crippen LogP contribution in [0.25, 0.3) is 0 Å². The van der Waals surface area contributed by atoms with Gasteiger partial charge in [-0.1, -0.05) is 65.5 Å². The van der Waals surface area contributed by atoms with E-state index in [-0.39, 0.29) is 0 Å². The first-order valence-corrected chi connectivity index (χ1v) is 7.44. The van der Waals surface area contributed by atoms with Crippen molar-refractivity contribution in [2.24, 2.45) is 5.92 Å². The van der Waals surface area contributed by atoms with Crippen molar-refractivity contribution in [3.8, 4) is 0 Å². The Bertz CT molecular complexity index is 294. The lowest BCUT2D eigenvalue weighted by Crippen LogP contribution is -2.15. The van der Waals surface area contributed by atoms with Crippen LogP contribution in [0.1, 0.15) is 44.1 Å².